The van der Waals surface area contributed by atoms with Crippen molar-refractivity contribution in [3.05, 3.63) is 23.8 Å². The number of carbonyl (C=O) groups is 1. The van der Waals surface area contributed by atoms with Gasteiger partial charge in [-0.2, -0.15) is 4.99 Å². The van der Waals surface area contributed by atoms with Gasteiger partial charge in [-0.1, -0.05) is 13.3 Å². The summed E-state index contributed by atoms with van der Waals surface area (Å²) in [5, 5.41) is 9.61. The number of aliphatic imine (C=N–C) groups is 2. The molecule has 1 saturated heterocycles. The predicted octanol–water partition coefficient (Wildman–Crippen LogP) is 2.73. The summed E-state index contributed by atoms with van der Waals surface area (Å²) >= 11 is 0. The molecule has 8 nitrogen and oxygen atoms in total. The maximum atomic E-state index is 11.7. The van der Waals surface area contributed by atoms with Gasteiger partial charge >= 0.3 is 5.97 Å². The lowest BCUT2D eigenvalue weighted by molar-refractivity contribution is 0.0697. The van der Waals surface area contributed by atoms with Gasteiger partial charge in [-0.05, 0) is 62.6 Å². The zero-order valence-corrected chi connectivity index (χ0v) is 17.0. The molecular formula is C21H30N6O2. The highest BCUT2D eigenvalue weighted by atomic mass is 16.4. The van der Waals surface area contributed by atoms with Crippen LogP contribution in [0.1, 0.15) is 62.2 Å². The minimum absolute atomic E-state index is 0.198. The van der Waals surface area contributed by atoms with Crippen LogP contribution < -0.4 is 21.3 Å². The zero-order chi connectivity index (χ0) is 20.6. The van der Waals surface area contributed by atoms with Crippen LogP contribution in [0.25, 0.3) is 0 Å². The molecule has 5 N–H and O–H groups in total. The van der Waals surface area contributed by atoms with Crippen LogP contribution >= 0.6 is 0 Å². The maximum absolute atomic E-state index is 11.7. The van der Waals surface area contributed by atoms with Gasteiger partial charge in [-0.25, -0.2) is 9.79 Å². The average molecular weight is 399 g/mol. The van der Waals surface area contributed by atoms with E-state index >= 15 is 0 Å². The third-order valence-corrected chi connectivity index (χ3v) is 6.44. The van der Waals surface area contributed by atoms with Crippen molar-refractivity contribution in [3.8, 4) is 0 Å². The van der Waals surface area contributed by atoms with Crippen LogP contribution in [-0.2, 0) is 0 Å². The van der Waals surface area contributed by atoms with Gasteiger partial charge < -0.3 is 21.5 Å². The van der Waals surface area contributed by atoms with E-state index in [-0.39, 0.29) is 17.5 Å². The smallest absolute Gasteiger partial charge is 0.335 e. The number of aromatic carboxylic acids is 1. The number of rotatable bonds is 3. The Morgan fingerprint density at radius 1 is 1.14 bits per heavy atom. The van der Waals surface area contributed by atoms with Crippen LogP contribution in [-0.4, -0.2) is 41.7 Å². The highest BCUT2D eigenvalue weighted by molar-refractivity contribution is 6.08. The lowest BCUT2D eigenvalue weighted by Crippen LogP contribution is -2.58. The Morgan fingerprint density at radius 3 is 2.48 bits per heavy atom. The molecule has 0 amide bonds. The monoisotopic (exact) mass is 398 g/mol. The number of carboxylic acids is 1. The van der Waals surface area contributed by atoms with E-state index in [0.717, 1.165) is 69.4 Å². The first-order valence-corrected chi connectivity index (χ1v) is 10.5. The van der Waals surface area contributed by atoms with Crippen molar-refractivity contribution in [1.29, 1.82) is 0 Å². The first-order chi connectivity index (χ1) is 13.9. The molecule has 0 unspecified atom stereocenters. The molecule has 1 aromatic rings. The summed E-state index contributed by atoms with van der Waals surface area (Å²) in [6.07, 6.45) is 7.05. The summed E-state index contributed by atoms with van der Waals surface area (Å²) < 4.78 is 0. The summed E-state index contributed by atoms with van der Waals surface area (Å²) in [6.45, 7) is 4.14. The van der Waals surface area contributed by atoms with Gasteiger partial charge in [0.2, 0.25) is 11.9 Å². The maximum Gasteiger partial charge on any atom is 0.335 e. The first kappa shape index (κ1) is 19.5. The standard InChI is InChI=1S/C21H30N6O2/c1-14-7-11-26(12-8-14)16-6-5-15(18(28)29)13-17(16)27-20(23)24-19(22)25-21(27)9-3-2-4-10-21/h5-6,13-14H,2-4,7-12H2,1H3,(H,28,29)(H4,22,23,24,25). The van der Waals surface area contributed by atoms with Crippen LogP contribution in [0.15, 0.2) is 28.2 Å². The molecule has 0 aromatic heterocycles. The predicted molar refractivity (Wildman–Crippen MR) is 116 cm³/mol. The quantitative estimate of drug-likeness (QED) is 0.720. The fourth-order valence-electron chi connectivity index (χ4n) is 4.82. The van der Waals surface area contributed by atoms with Crippen molar-refractivity contribution in [2.75, 3.05) is 22.9 Å². The van der Waals surface area contributed by atoms with E-state index in [4.69, 9.17) is 16.5 Å². The molecule has 0 atom stereocenters. The molecule has 3 aliphatic rings. The number of carboxylic acid groups (broad SMARTS) is 1. The Morgan fingerprint density at radius 2 is 1.83 bits per heavy atom. The van der Waals surface area contributed by atoms with Crippen molar-refractivity contribution in [2.45, 2.75) is 57.5 Å². The minimum Gasteiger partial charge on any atom is -0.478 e. The number of anilines is 2. The van der Waals surface area contributed by atoms with Crippen molar-refractivity contribution in [2.24, 2.45) is 27.4 Å². The highest BCUT2D eigenvalue weighted by Gasteiger charge is 2.44. The van der Waals surface area contributed by atoms with Crippen LogP contribution in [0.3, 0.4) is 0 Å². The van der Waals surface area contributed by atoms with Crippen molar-refractivity contribution in [1.82, 2.24) is 0 Å². The lowest BCUT2D eigenvalue weighted by atomic mass is 9.87. The number of hydrogen-bond donors (Lipinski definition) is 3. The van der Waals surface area contributed by atoms with Crippen LogP contribution in [0.5, 0.6) is 0 Å². The molecule has 0 bridgehead atoms. The first-order valence-electron chi connectivity index (χ1n) is 10.5. The lowest BCUT2D eigenvalue weighted by Gasteiger charge is -2.47. The van der Waals surface area contributed by atoms with Crippen LogP contribution in [0.2, 0.25) is 0 Å². The Kier molecular flexibility index (Phi) is 5.10. The molecule has 1 aromatic carbocycles. The van der Waals surface area contributed by atoms with Gasteiger partial charge in [0.05, 0.1) is 16.9 Å². The second-order valence-corrected chi connectivity index (χ2v) is 8.50. The number of nitrogens with two attached hydrogens (primary N) is 2. The summed E-state index contributed by atoms with van der Waals surface area (Å²) in [5.41, 5.74) is 13.8. The molecule has 1 saturated carbocycles. The van der Waals surface area contributed by atoms with Crippen molar-refractivity contribution in [3.63, 3.8) is 0 Å². The number of guanidine groups is 2. The van der Waals surface area contributed by atoms with E-state index in [9.17, 15) is 9.90 Å². The fraction of sp³-hybridized carbons (Fsp3) is 0.571. The Balaban J connectivity index is 1.83. The van der Waals surface area contributed by atoms with Gasteiger partial charge in [0.25, 0.3) is 0 Å². The van der Waals surface area contributed by atoms with Crippen molar-refractivity contribution >= 4 is 29.3 Å². The SMILES string of the molecule is CC1CCN(c2ccc(C(=O)O)cc2N2C(N)=NC(N)=NC23CCCCC3)CC1. The Labute approximate surface area is 171 Å². The van der Waals surface area contributed by atoms with Crippen LogP contribution in [0.4, 0.5) is 11.4 Å². The molecule has 156 valence electrons. The van der Waals surface area contributed by atoms with E-state index in [2.05, 4.69) is 16.8 Å². The van der Waals surface area contributed by atoms with E-state index < -0.39 is 11.6 Å². The van der Waals surface area contributed by atoms with Gasteiger partial charge in [0.1, 0.15) is 5.66 Å². The molecule has 4 rings (SSSR count). The average Bonchev–Trinajstić information content (AvgIpc) is 2.68. The van der Waals surface area contributed by atoms with E-state index in [1.54, 1.807) is 12.1 Å². The highest BCUT2D eigenvalue weighted by Crippen LogP contribution is 2.43. The Bertz CT molecular complexity index is 851. The largest absolute Gasteiger partial charge is 0.478 e. The number of hydrogen-bond acceptors (Lipinski definition) is 7. The van der Waals surface area contributed by atoms with E-state index in [0.29, 0.717) is 5.92 Å². The summed E-state index contributed by atoms with van der Waals surface area (Å²) in [7, 11) is 0. The fourth-order valence-corrected chi connectivity index (χ4v) is 4.82. The van der Waals surface area contributed by atoms with Crippen molar-refractivity contribution < 1.29 is 9.90 Å². The van der Waals surface area contributed by atoms with Gasteiger partial charge in [0, 0.05) is 13.1 Å². The molecule has 8 heteroatoms. The summed E-state index contributed by atoms with van der Waals surface area (Å²) in [6, 6.07) is 5.29. The molecule has 2 aliphatic heterocycles. The Hall–Kier alpha value is -2.77. The van der Waals surface area contributed by atoms with E-state index in [1.807, 2.05) is 11.0 Å². The number of piperidine rings is 1. The van der Waals surface area contributed by atoms with E-state index in [1.165, 1.54) is 0 Å². The summed E-state index contributed by atoms with van der Waals surface area (Å²) in [4.78, 5) is 25.0. The molecule has 2 fully saturated rings. The third-order valence-electron chi connectivity index (χ3n) is 6.44. The number of benzene rings is 1. The second kappa shape index (κ2) is 7.57. The topological polar surface area (TPSA) is 121 Å². The normalized spacial score (nSPS) is 22.4. The molecule has 1 aliphatic carbocycles. The summed E-state index contributed by atoms with van der Waals surface area (Å²) in [5.74, 6) is 0.221. The van der Waals surface area contributed by atoms with Gasteiger partial charge in [0.15, 0.2) is 0 Å². The molecule has 0 radical (unpaired) electrons. The molecule has 29 heavy (non-hydrogen) atoms. The van der Waals surface area contributed by atoms with Gasteiger partial charge in [-0.15, -0.1) is 0 Å². The minimum atomic E-state index is -0.960. The zero-order valence-electron chi connectivity index (χ0n) is 17.0. The molecule has 1 spiro atoms. The second-order valence-electron chi connectivity index (χ2n) is 8.50. The molecular weight excluding hydrogens is 368 g/mol. The molecule has 2 heterocycles. The van der Waals surface area contributed by atoms with Crippen LogP contribution in [0, 0.1) is 5.92 Å². The van der Waals surface area contributed by atoms with Gasteiger partial charge in [-0.3, -0.25) is 4.90 Å². The number of nitrogens with zero attached hydrogens (tertiary/aromatic N) is 4. The third kappa shape index (κ3) is 3.63.